The van der Waals surface area contributed by atoms with Crippen LogP contribution < -0.4 is 10.6 Å². The summed E-state index contributed by atoms with van der Waals surface area (Å²) in [6.45, 7) is 4.79. The lowest BCUT2D eigenvalue weighted by Gasteiger charge is -2.30. The number of hydrogen-bond acceptors (Lipinski definition) is 2. The third kappa shape index (κ3) is 3.87. The van der Waals surface area contributed by atoms with Gasteiger partial charge in [0.2, 0.25) is 0 Å². The molecule has 3 atom stereocenters. The summed E-state index contributed by atoms with van der Waals surface area (Å²) in [6, 6.07) is 1.37. The Morgan fingerprint density at radius 3 is 2.81 bits per heavy atom. The Hall–Kier alpha value is -0.860. The van der Waals surface area contributed by atoms with Crippen molar-refractivity contribution in [3.8, 4) is 0 Å². The first-order chi connectivity index (χ1) is 10.3. The van der Waals surface area contributed by atoms with Crippen LogP contribution in [0.4, 0.5) is 0 Å². The maximum Gasteiger partial charge on any atom is 0.0170 e. The van der Waals surface area contributed by atoms with Gasteiger partial charge in [0.05, 0.1) is 0 Å². The van der Waals surface area contributed by atoms with Crippen LogP contribution in [0.3, 0.4) is 0 Å². The minimum atomic E-state index is 0.441. The molecule has 116 valence electrons. The van der Waals surface area contributed by atoms with Crippen LogP contribution in [0, 0.1) is 11.3 Å². The predicted molar refractivity (Wildman–Crippen MR) is 90.3 cm³/mol. The van der Waals surface area contributed by atoms with Gasteiger partial charge in [-0.3, -0.25) is 0 Å². The second-order valence-electron chi connectivity index (χ2n) is 7.10. The number of allylic oxidation sites excluding steroid dienone is 5. The van der Waals surface area contributed by atoms with Gasteiger partial charge in [-0.15, -0.1) is 0 Å². The van der Waals surface area contributed by atoms with E-state index in [1.54, 1.807) is 0 Å². The van der Waals surface area contributed by atoms with Gasteiger partial charge in [-0.1, -0.05) is 36.5 Å². The minimum absolute atomic E-state index is 0.441. The molecule has 0 radical (unpaired) electrons. The summed E-state index contributed by atoms with van der Waals surface area (Å²) in [7, 11) is 0. The molecular formula is C19H30N2. The fourth-order valence-electron chi connectivity index (χ4n) is 3.99. The van der Waals surface area contributed by atoms with Crippen molar-refractivity contribution in [2.24, 2.45) is 11.3 Å². The Morgan fingerprint density at radius 2 is 1.95 bits per heavy atom. The number of rotatable bonds is 3. The van der Waals surface area contributed by atoms with Gasteiger partial charge in [0.1, 0.15) is 0 Å². The molecule has 1 heterocycles. The van der Waals surface area contributed by atoms with Crippen molar-refractivity contribution in [1.29, 1.82) is 0 Å². The number of nitrogens with one attached hydrogen (secondary N) is 2. The molecular weight excluding hydrogens is 256 g/mol. The van der Waals surface area contributed by atoms with Crippen molar-refractivity contribution in [3.63, 3.8) is 0 Å². The van der Waals surface area contributed by atoms with Gasteiger partial charge < -0.3 is 10.6 Å². The van der Waals surface area contributed by atoms with E-state index < -0.39 is 0 Å². The van der Waals surface area contributed by atoms with Crippen LogP contribution in [-0.2, 0) is 0 Å². The topological polar surface area (TPSA) is 24.1 Å². The second kappa shape index (κ2) is 6.93. The first-order valence-corrected chi connectivity index (χ1v) is 8.78. The van der Waals surface area contributed by atoms with E-state index in [-0.39, 0.29) is 0 Å². The largest absolute Gasteiger partial charge is 0.317 e. The van der Waals surface area contributed by atoms with Gasteiger partial charge in [-0.2, -0.15) is 0 Å². The molecule has 2 heteroatoms. The van der Waals surface area contributed by atoms with Crippen LogP contribution in [0.2, 0.25) is 0 Å². The third-order valence-corrected chi connectivity index (χ3v) is 5.58. The molecule has 3 aliphatic rings. The first kappa shape index (κ1) is 15.1. The van der Waals surface area contributed by atoms with Crippen LogP contribution in [0.5, 0.6) is 0 Å². The van der Waals surface area contributed by atoms with Gasteiger partial charge in [0.15, 0.2) is 0 Å². The van der Waals surface area contributed by atoms with E-state index in [1.165, 1.54) is 51.6 Å². The van der Waals surface area contributed by atoms with E-state index in [9.17, 15) is 0 Å². The molecule has 2 fully saturated rings. The van der Waals surface area contributed by atoms with Crippen molar-refractivity contribution in [1.82, 2.24) is 10.6 Å². The average molecular weight is 286 g/mol. The summed E-state index contributed by atoms with van der Waals surface area (Å²) in [5.41, 5.74) is 0.441. The zero-order valence-corrected chi connectivity index (χ0v) is 13.4. The highest BCUT2D eigenvalue weighted by Gasteiger charge is 2.51. The fourth-order valence-corrected chi connectivity index (χ4v) is 3.99. The van der Waals surface area contributed by atoms with Gasteiger partial charge in [0.25, 0.3) is 0 Å². The molecule has 2 nitrogen and oxygen atoms in total. The molecule has 0 aromatic rings. The lowest BCUT2D eigenvalue weighted by molar-refractivity contribution is 0.284. The predicted octanol–water partition coefficient (Wildman–Crippen LogP) is 3.58. The molecule has 3 unspecified atom stereocenters. The summed E-state index contributed by atoms with van der Waals surface area (Å²) in [6.07, 6.45) is 21.4. The molecule has 0 bridgehead atoms. The van der Waals surface area contributed by atoms with E-state index >= 15 is 0 Å². The molecule has 21 heavy (non-hydrogen) atoms. The smallest absolute Gasteiger partial charge is 0.0170 e. The van der Waals surface area contributed by atoms with Gasteiger partial charge >= 0.3 is 0 Å². The van der Waals surface area contributed by atoms with Crippen molar-refractivity contribution >= 4 is 0 Å². The van der Waals surface area contributed by atoms with Gasteiger partial charge in [-0.25, -0.2) is 0 Å². The molecule has 0 aromatic carbocycles. The second-order valence-corrected chi connectivity index (χ2v) is 7.10. The molecule has 2 aliphatic carbocycles. The van der Waals surface area contributed by atoms with E-state index in [1.807, 2.05) is 0 Å². The Labute approximate surface area is 129 Å². The molecule has 1 aliphatic heterocycles. The van der Waals surface area contributed by atoms with Crippen LogP contribution in [-0.4, -0.2) is 25.2 Å². The molecule has 0 aromatic heterocycles. The monoisotopic (exact) mass is 286 g/mol. The van der Waals surface area contributed by atoms with Crippen LogP contribution >= 0.6 is 0 Å². The molecule has 3 rings (SSSR count). The Morgan fingerprint density at radius 1 is 1.14 bits per heavy atom. The average Bonchev–Trinajstić information content (AvgIpc) is 3.19. The van der Waals surface area contributed by atoms with Gasteiger partial charge in [0, 0.05) is 17.5 Å². The maximum absolute atomic E-state index is 3.95. The summed E-state index contributed by atoms with van der Waals surface area (Å²) in [4.78, 5) is 0. The van der Waals surface area contributed by atoms with Gasteiger partial charge in [-0.05, 0) is 64.5 Å². The van der Waals surface area contributed by atoms with Crippen molar-refractivity contribution in [2.45, 2.75) is 57.5 Å². The van der Waals surface area contributed by atoms with E-state index in [2.05, 4.69) is 54.0 Å². The molecule has 1 saturated heterocycles. The minimum Gasteiger partial charge on any atom is -0.317 e. The fraction of sp³-hybridized carbons (Fsp3) is 0.684. The Bertz CT molecular complexity index is 417. The Kier molecular flexibility index (Phi) is 4.97. The van der Waals surface area contributed by atoms with Crippen molar-refractivity contribution in [3.05, 3.63) is 36.5 Å². The lowest BCUT2D eigenvalue weighted by Crippen LogP contribution is -2.42. The highest BCUT2D eigenvalue weighted by Crippen LogP contribution is 2.52. The standard InChI is InChI=1S/C19H30N2/c1-16(17-9-13-20-14-10-17)21-18-15-19(18)11-7-5-3-2-4-6-8-12-19/h2-5,7,11,16-18,20-21H,6,8-10,12-15H2,1H3/b4-2+,5-3-,11-7+. The summed E-state index contributed by atoms with van der Waals surface area (Å²) in [5, 5.41) is 7.42. The summed E-state index contributed by atoms with van der Waals surface area (Å²) >= 11 is 0. The Balaban J connectivity index is 1.55. The molecule has 1 spiro atoms. The molecule has 0 amide bonds. The normalized spacial score (nSPS) is 39.6. The number of piperidine rings is 1. The SMILES string of the molecule is CC(NC1CC12/C=C/C=C\C=C\CCC2)C1CCNCC1. The quantitative estimate of drug-likeness (QED) is 0.828. The van der Waals surface area contributed by atoms with E-state index in [4.69, 9.17) is 0 Å². The zero-order chi connectivity index (χ0) is 14.5. The molecule has 1 saturated carbocycles. The van der Waals surface area contributed by atoms with E-state index in [0.29, 0.717) is 17.5 Å². The summed E-state index contributed by atoms with van der Waals surface area (Å²) < 4.78 is 0. The van der Waals surface area contributed by atoms with Crippen molar-refractivity contribution < 1.29 is 0 Å². The summed E-state index contributed by atoms with van der Waals surface area (Å²) in [5.74, 6) is 0.857. The first-order valence-electron chi connectivity index (χ1n) is 8.78. The van der Waals surface area contributed by atoms with Crippen LogP contribution in [0.15, 0.2) is 36.5 Å². The highest BCUT2D eigenvalue weighted by atomic mass is 15.0. The molecule has 2 N–H and O–H groups in total. The highest BCUT2D eigenvalue weighted by molar-refractivity contribution is 5.24. The van der Waals surface area contributed by atoms with E-state index in [0.717, 1.165) is 5.92 Å². The lowest BCUT2D eigenvalue weighted by atomic mass is 9.90. The van der Waals surface area contributed by atoms with Crippen LogP contribution in [0.1, 0.15) is 45.4 Å². The third-order valence-electron chi connectivity index (χ3n) is 5.58. The zero-order valence-electron chi connectivity index (χ0n) is 13.4. The van der Waals surface area contributed by atoms with Crippen LogP contribution in [0.25, 0.3) is 0 Å². The van der Waals surface area contributed by atoms with Crippen molar-refractivity contribution in [2.75, 3.05) is 13.1 Å². The number of hydrogen-bond donors (Lipinski definition) is 2. The maximum atomic E-state index is 3.95.